The van der Waals surface area contributed by atoms with Crippen LogP contribution in [0.4, 0.5) is 15.8 Å². The van der Waals surface area contributed by atoms with Gasteiger partial charge in [0.2, 0.25) is 0 Å². The lowest BCUT2D eigenvalue weighted by molar-refractivity contribution is 0.0590. The van der Waals surface area contributed by atoms with Crippen molar-refractivity contribution in [2.75, 3.05) is 43.5 Å². The van der Waals surface area contributed by atoms with Gasteiger partial charge < -0.3 is 20.1 Å². The molecule has 0 unspecified atom stereocenters. The normalized spacial score (nSPS) is 17.1. The van der Waals surface area contributed by atoms with Gasteiger partial charge in [-0.25, -0.2) is 4.39 Å². The van der Waals surface area contributed by atoms with Crippen LogP contribution in [0, 0.1) is 5.82 Å². The molecule has 0 bridgehead atoms. The van der Waals surface area contributed by atoms with Gasteiger partial charge in [0.05, 0.1) is 16.9 Å². The van der Waals surface area contributed by atoms with Crippen LogP contribution >= 0.6 is 0 Å². The van der Waals surface area contributed by atoms with Crippen LogP contribution in [0.5, 0.6) is 11.5 Å². The van der Waals surface area contributed by atoms with Gasteiger partial charge in [-0.1, -0.05) is 6.07 Å². The molecule has 10 heteroatoms. The largest absolute Gasteiger partial charge is 0.486 e. The molecular weight excluding hydrogens is 561 g/mol. The van der Waals surface area contributed by atoms with E-state index < -0.39 is 17.6 Å². The molecule has 2 aliphatic heterocycles. The summed E-state index contributed by atoms with van der Waals surface area (Å²) in [6, 6.07) is 19.1. The van der Waals surface area contributed by atoms with Gasteiger partial charge in [-0.05, 0) is 81.4 Å². The van der Waals surface area contributed by atoms with Crippen molar-refractivity contribution < 1.29 is 23.5 Å². The summed E-state index contributed by atoms with van der Waals surface area (Å²) in [5.74, 6) is -0.421. The molecule has 2 aliphatic rings. The summed E-state index contributed by atoms with van der Waals surface area (Å²) >= 11 is 0. The number of nitrogens with one attached hydrogen (secondary N) is 2. The molecule has 228 valence electrons. The second-order valence-electron chi connectivity index (χ2n) is 11.6. The van der Waals surface area contributed by atoms with Crippen molar-refractivity contribution in [3.05, 3.63) is 89.4 Å². The molecule has 1 fully saturated rings. The third kappa shape index (κ3) is 6.51. The number of rotatable bonds is 7. The summed E-state index contributed by atoms with van der Waals surface area (Å²) in [5, 5.41) is 6.20. The lowest BCUT2D eigenvalue weighted by Gasteiger charge is -2.41. The average molecular weight is 598 g/mol. The number of piperazine rings is 1. The maximum atomic E-state index is 14.7. The Bertz CT molecular complexity index is 1710. The Morgan fingerprint density at radius 1 is 0.909 bits per heavy atom. The number of hydrogen-bond acceptors (Lipinski definition) is 7. The average Bonchev–Trinajstić information content (AvgIpc) is 3.03. The molecule has 1 saturated heterocycles. The number of nitrogens with zero attached hydrogens (tertiary/aromatic N) is 3. The first kappa shape index (κ1) is 29.5. The van der Waals surface area contributed by atoms with Gasteiger partial charge in [0.1, 0.15) is 19.0 Å². The van der Waals surface area contributed by atoms with Crippen LogP contribution in [0.2, 0.25) is 0 Å². The van der Waals surface area contributed by atoms with Crippen molar-refractivity contribution in [1.82, 2.24) is 14.8 Å². The van der Waals surface area contributed by atoms with E-state index in [0.29, 0.717) is 53.6 Å². The van der Waals surface area contributed by atoms with E-state index in [1.807, 2.05) is 18.2 Å². The van der Waals surface area contributed by atoms with Crippen LogP contribution in [0.25, 0.3) is 10.9 Å². The third-order valence-corrected chi connectivity index (χ3v) is 8.18. The van der Waals surface area contributed by atoms with Crippen LogP contribution in [0.1, 0.15) is 47.2 Å². The van der Waals surface area contributed by atoms with Gasteiger partial charge >= 0.3 is 0 Å². The summed E-state index contributed by atoms with van der Waals surface area (Å²) < 4.78 is 25.8. The van der Waals surface area contributed by atoms with Crippen LogP contribution in [-0.2, 0) is 6.54 Å². The van der Waals surface area contributed by atoms with Crippen molar-refractivity contribution in [3.8, 4) is 11.5 Å². The molecule has 3 aromatic carbocycles. The maximum absolute atomic E-state index is 14.7. The minimum absolute atomic E-state index is 0.0461. The number of benzene rings is 3. The van der Waals surface area contributed by atoms with Crippen molar-refractivity contribution >= 4 is 34.1 Å². The predicted molar refractivity (Wildman–Crippen MR) is 168 cm³/mol. The highest BCUT2D eigenvalue weighted by Crippen LogP contribution is 2.31. The van der Waals surface area contributed by atoms with Crippen LogP contribution < -0.4 is 20.1 Å². The molecule has 0 saturated carbocycles. The minimum atomic E-state index is -0.619. The predicted octanol–water partition coefficient (Wildman–Crippen LogP) is 5.56. The van der Waals surface area contributed by atoms with E-state index in [1.54, 1.807) is 30.3 Å². The summed E-state index contributed by atoms with van der Waals surface area (Å²) in [6.07, 6.45) is 0. The Kier molecular flexibility index (Phi) is 8.45. The Morgan fingerprint density at radius 2 is 1.66 bits per heavy atom. The first-order valence-electron chi connectivity index (χ1n) is 14.9. The fourth-order valence-electron chi connectivity index (χ4n) is 5.61. The van der Waals surface area contributed by atoms with Crippen LogP contribution in [0.3, 0.4) is 0 Å². The molecule has 0 aliphatic carbocycles. The molecule has 1 aromatic heterocycles. The molecule has 6 rings (SSSR count). The zero-order valence-corrected chi connectivity index (χ0v) is 25.1. The smallest absolute Gasteiger partial charge is 0.255 e. The molecule has 4 aromatic rings. The van der Waals surface area contributed by atoms with E-state index in [-0.39, 0.29) is 5.69 Å². The highest BCUT2D eigenvalue weighted by atomic mass is 19.1. The van der Waals surface area contributed by atoms with Crippen molar-refractivity contribution in [3.63, 3.8) is 0 Å². The number of aromatic nitrogens is 1. The summed E-state index contributed by atoms with van der Waals surface area (Å²) in [6.45, 7) is 11.4. The Labute approximate surface area is 256 Å². The zero-order valence-electron chi connectivity index (χ0n) is 25.1. The Hall–Kier alpha value is -4.54. The van der Waals surface area contributed by atoms with E-state index in [1.165, 1.54) is 18.2 Å². The van der Waals surface area contributed by atoms with Crippen molar-refractivity contribution in [2.45, 2.75) is 39.4 Å². The Morgan fingerprint density at radius 3 is 2.45 bits per heavy atom. The van der Waals surface area contributed by atoms with Crippen molar-refractivity contribution in [2.24, 2.45) is 0 Å². The van der Waals surface area contributed by atoms with Gasteiger partial charge in [-0.3, -0.25) is 24.4 Å². The summed E-state index contributed by atoms with van der Waals surface area (Å²) in [4.78, 5) is 35.8. The van der Waals surface area contributed by atoms with Gasteiger partial charge in [0.15, 0.2) is 11.5 Å². The lowest BCUT2D eigenvalue weighted by atomic mass is 10.1. The molecule has 3 heterocycles. The first-order chi connectivity index (χ1) is 21.2. The fourth-order valence-corrected chi connectivity index (χ4v) is 5.61. The van der Waals surface area contributed by atoms with E-state index in [4.69, 9.17) is 14.5 Å². The standard InChI is InChI=1S/C34H36FN5O4/c1-21(2)39-12-13-40(22(3)19-39)20-27-7-4-23-16-24(5-10-29(23)36-27)34(42)38-30-18-26(8-9-28(30)35)37-33(41)25-6-11-31-32(17-25)44-15-14-43-31/h4-11,16-18,21-22H,12-15,19-20H2,1-3H3,(H,37,41)(H,38,42)/t22-/m1/s1. The van der Waals surface area contributed by atoms with Gasteiger partial charge in [0, 0.05) is 60.5 Å². The van der Waals surface area contributed by atoms with E-state index in [9.17, 15) is 14.0 Å². The number of fused-ring (bicyclic) bond motifs is 2. The summed E-state index contributed by atoms with van der Waals surface area (Å²) in [5.41, 5.74) is 2.79. The van der Waals surface area contributed by atoms with Crippen LogP contribution in [-0.4, -0.2) is 71.5 Å². The number of ether oxygens (including phenoxy) is 2. The molecule has 0 spiro atoms. The number of halogens is 1. The zero-order chi connectivity index (χ0) is 30.8. The number of pyridine rings is 1. The lowest BCUT2D eigenvalue weighted by Crippen LogP contribution is -2.53. The minimum Gasteiger partial charge on any atom is -0.486 e. The van der Waals surface area contributed by atoms with E-state index >= 15 is 0 Å². The third-order valence-electron chi connectivity index (χ3n) is 8.18. The summed E-state index contributed by atoms with van der Waals surface area (Å²) in [7, 11) is 0. The number of anilines is 2. The van der Waals surface area contributed by atoms with Gasteiger partial charge in [0.25, 0.3) is 11.8 Å². The Balaban J connectivity index is 1.11. The van der Waals surface area contributed by atoms with Gasteiger partial charge in [-0.2, -0.15) is 0 Å². The highest BCUT2D eigenvalue weighted by Gasteiger charge is 2.25. The molecule has 44 heavy (non-hydrogen) atoms. The monoisotopic (exact) mass is 597 g/mol. The number of hydrogen-bond donors (Lipinski definition) is 2. The highest BCUT2D eigenvalue weighted by molar-refractivity contribution is 6.07. The van der Waals surface area contributed by atoms with Crippen LogP contribution in [0.15, 0.2) is 66.7 Å². The van der Waals surface area contributed by atoms with E-state index in [0.717, 1.165) is 42.8 Å². The molecule has 1 atom stereocenters. The number of carbonyl (C=O) groups is 2. The second kappa shape index (κ2) is 12.6. The number of carbonyl (C=O) groups excluding carboxylic acids is 2. The molecule has 2 N–H and O–H groups in total. The quantitative estimate of drug-likeness (QED) is 0.288. The van der Waals surface area contributed by atoms with Crippen molar-refractivity contribution in [1.29, 1.82) is 0 Å². The molecule has 9 nitrogen and oxygen atoms in total. The fraction of sp³-hybridized carbons (Fsp3) is 0.324. The number of amides is 2. The second-order valence-corrected chi connectivity index (χ2v) is 11.6. The SMILES string of the molecule is CC(C)N1CCN(Cc2ccc3cc(C(=O)Nc4cc(NC(=O)c5ccc6c(c5)OCCO6)ccc4F)ccc3n2)[C@H](C)C1. The molecular formula is C34H36FN5O4. The maximum Gasteiger partial charge on any atom is 0.255 e. The van der Waals surface area contributed by atoms with E-state index in [2.05, 4.69) is 41.2 Å². The van der Waals surface area contributed by atoms with Gasteiger partial charge in [-0.15, -0.1) is 0 Å². The topological polar surface area (TPSA) is 96.0 Å². The molecule has 2 amide bonds. The molecule has 0 radical (unpaired) electrons. The first-order valence-corrected chi connectivity index (χ1v) is 14.9.